The molecule has 0 N–H and O–H groups in total. The molecule has 2 heteroatoms. The molecule has 2 heterocycles. The number of aryl methyl sites for hydroxylation is 2. The fourth-order valence-corrected chi connectivity index (χ4v) is 3.55. The molecule has 0 amide bonds. The molecule has 5 aromatic rings. The first-order valence-corrected chi connectivity index (χ1v) is 8.89. The van der Waals surface area contributed by atoms with Gasteiger partial charge in [0.15, 0.2) is 0 Å². The van der Waals surface area contributed by atoms with Gasteiger partial charge in [0.2, 0.25) is 0 Å². The molecule has 130 valence electrons. The van der Waals surface area contributed by atoms with Crippen LogP contribution in [0.4, 0.5) is 0 Å². The van der Waals surface area contributed by atoms with Gasteiger partial charge in [-0.3, -0.25) is 4.98 Å². The van der Waals surface area contributed by atoms with E-state index in [2.05, 4.69) is 42.2 Å². The zero-order valence-corrected chi connectivity index (χ0v) is 14.9. The molecule has 0 saturated heterocycles. The van der Waals surface area contributed by atoms with Crippen molar-refractivity contribution < 1.29 is 8.53 Å². The van der Waals surface area contributed by atoms with Gasteiger partial charge in [-0.2, -0.15) is 0 Å². The topological polar surface area (TPSA) is 26.0 Å². The number of nitrogens with zero attached hydrogens (tertiary/aromatic N) is 1. The van der Waals surface area contributed by atoms with Gasteiger partial charge in [-0.25, -0.2) is 0 Å². The Morgan fingerprint density at radius 1 is 0.815 bits per heavy atom. The Bertz CT molecular complexity index is 1380. The first-order valence-electron chi connectivity index (χ1n) is 10.4. The Morgan fingerprint density at radius 2 is 1.67 bits per heavy atom. The lowest BCUT2D eigenvalue weighted by Gasteiger charge is -2.10. The maximum atomic E-state index is 7.52. The molecule has 0 bridgehead atoms. The molecule has 0 fully saturated rings. The van der Waals surface area contributed by atoms with Crippen molar-refractivity contribution in [2.24, 2.45) is 0 Å². The monoisotopic (exact) mass is 352 g/mol. The number of furan rings is 1. The summed E-state index contributed by atoms with van der Waals surface area (Å²) >= 11 is 0. The molecule has 2 aromatic heterocycles. The van der Waals surface area contributed by atoms with Crippen molar-refractivity contribution in [2.45, 2.75) is 13.8 Å². The van der Waals surface area contributed by atoms with E-state index in [1.807, 2.05) is 30.3 Å². The predicted molar refractivity (Wildman–Crippen MR) is 112 cm³/mol. The zero-order valence-electron chi connectivity index (χ0n) is 17.9. The molecule has 3 aromatic carbocycles. The molecule has 0 aliphatic carbocycles. The second-order valence-corrected chi connectivity index (χ2v) is 6.77. The SMILES string of the molecule is [2H]C([2H])([2H])c1ccc(-c2ccc(C)c(-c3ccc4oc5ccccc5c4c3)c2)nc1. The molecule has 0 unspecified atom stereocenters. The minimum absolute atomic E-state index is 0.246. The Labute approximate surface area is 162 Å². The second-order valence-electron chi connectivity index (χ2n) is 6.77. The van der Waals surface area contributed by atoms with E-state index in [1.54, 1.807) is 12.1 Å². The Hall–Kier alpha value is -3.39. The molecule has 5 rings (SSSR count). The Kier molecular flexibility index (Phi) is 2.91. The number of fused-ring (bicyclic) bond motifs is 3. The molecule has 0 aliphatic rings. The third kappa shape index (κ3) is 2.70. The van der Waals surface area contributed by atoms with Gasteiger partial charge in [0, 0.05) is 26.6 Å². The number of rotatable bonds is 2. The maximum Gasteiger partial charge on any atom is 0.135 e. The van der Waals surface area contributed by atoms with Gasteiger partial charge in [-0.15, -0.1) is 0 Å². The van der Waals surface area contributed by atoms with Gasteiger partial charge in [0.1, 0.15) is 11.2 Å². The van der Waals surface area contributed by atoms with Crippen LogP contribution in [-0.4, -0.2) is 4.98 Å². The lowest BCUT2D eigenvalue weighted by atomic mass is 9.95. The largest absolute Gasteiger partial charge is 0.456 e. The van der Waals surface area contributed by atoms with Crippen LogP contribution in [0.25, 0.3) is 44.3 Å². The van der Waals surface area contributed by atoms with E-state index < -0.39 is 6.85 Å². The lowest BCUT2D eigenvalue weighted by Crippen LogP contribution is -1.88. The number of benzene rings is 3. The summed E-state index contributed by atoms with van der Waals surface area (Å²) in [5.41, 5.74) is 7.07. The summed E-state index contributed by atoms with van der Waals surface area (Å²) in [5.74, 6) is 0. The smallest absolute Gasteiger partial charge is 0.135 e. The number of hydrogen-bond donors (Lipinski definition) is 0. The van der Waals surface area contributed by atoms with E-state index in [0.29, 0.717) is 0 Å². The highest BCUT2D eigenvalue weighted by Gasteiger charge is 2.10. The van der Waals surface area contributed by atoms with Crippen LogP contribution in [0.5, 0.6) is 0 Å². The van der Waals surface area contributed by atoms with Crippen LogP contribution in [0.1, 0.15) is 15.2 Å². The second kappa shape index (κ2) is 6.10. The summed E-state index contributed by atoms with van der Waals surface area (Å²) in [4.78, 5) is 4.39. The standard InChI is InChI=1S/C25H19NO/c1-16-7-11-23(26-15-16)19-9-8-17(2)21(14-19)18-10-12-25-22(13-18)20-5-3-4-6-24(20)27-25/h3-15H,1-2H3/i1D3. The lowest BCUT2D eigenvalue weighted by molar-refractivity contribution is 0.669. The van der Waals surface area contributed by atoms with Crippen LogP contribution < -0.4 is 0 Å². The van der Waals surface area contributed by atoms with Gasteiger partial charge < -0.3 is 4.42 Å². The average Bonchev–Trinajstić information content (AvgIpc) is 3.11. The summed E-state index contributed by atoms with van der Waals surface area (Å²) in [5, 5.41) is 2.19. The van der Waals surface area contributed by atoms with Gasteiger partial charge >= 0.3 is 0 Å². The minimum atomic E-state index is -2.15. The molecule has 0 saturated carbocycles. The first kappa shape index (κ1) is 12.9. The van der Waals surface area contributed by atoms with Crippen LogP contribution in [0, 0.1) is 13.8 Å². The fourth-order valence-electron chi connectivity index (χ4n) is 3.55. The van der Waals surface area contributed by atoms with E-state index in [1.165, 1.54) is 6.20 Å². The van der Waals surface area contributed by atoms with Gasteiger partial charge in [-0.05, 0) is 66.4 Å². The number of hydrogen-bond acceptors (Lipinski definition) is 2. The summed E-state index contributed by atoms with van der Waals surface area (Å²) in [6.07, 6.45) is 1.44. The van der Waals surface area contributed by atoms with Gasteiger partial charge in [0.25, 0.3) is 0 Å². The highest BCUT2D eigenvalue weighted by Crippen LogP contribution is 2.34. The van der Waals surface area contributed by atoms with Crippen molar-refractivity contribution in [3.63, 3.8) is 0 Å². The van der Waals surface area contributed by atoms with Crippen LogP contribution >= 0.6 is 0 Å². The third-order valence-electron chi connectivity index (χ3n) is 4.98. The minimum Gasteiger partial charge on any atom is -0.456 e. The number of para-hydroxylation sites is 1. The van der Waals surface area contributed by atoms with E-state index in [0.717, 1.165) is 49.9 Å². The molecule has 0 atom stereocenters. The van der Waals surface area contributed by atoms with Crippen molar-refractivity contribution >= 4 is 21.9 Å². The summed E-state index contributed by atoms with van der Waals surface area (Å²) < 4.78 is 28.5. The average molecular weight is 352 g/mol. The number of pyridine rings is 1. The molecular weight excluding hydrogens is 330 g/mol. The molecular formula is C25H19NO. The summed E-state index contributed by atoms with van der Waals surface area (Å²) in [6, 6.07) is 23.9. The van der Waals surface area contributed by atoms with Gasteiger partial charge in [-0.1, -0.05) is 42.5 Å². The third-order valence-corrected chi connectivity index (χ3v) is 4.98. The van der Waals surface area contributed by atoms with E-state index in [4.69, 9.17) is 8.53 Å². The number of aromatic nitrogens is 1. The van der Waals surface area contributed by atoms with E-state index >= 15 is 0 Å². The van der Waals surface area contributed by atoms with Crippen LogP contribution in [0.2, 0.25) is 0 Å². The molecule has 27 heavy (non-hydrogen) atoms. The van der Waals surface area contributed by atoms with E-state index in [-0.39, 0.29) is 5.56 Å². The maximum absolute atomic E-state index is 7.52. The van der Waals surface area contributed by atoms with Crippen molar-refractivity contribution in [1.82, 2.24) is 4.98 Å². The van der Waals surface area contributed by atoms with Crippen LogP contribution in [-0.2, 0) is 0 Å². The van der Waals surface area contributed by atoms with Crippen LogP contribution in [0.3, 0.4) is 0 Å². The van der Waals surface area contributed by atoms with Crippen molar-refractivity contribution in [1.29, 1.82) is 0 Å². The quantitative estimate of drug-likeness (QED) is 0.344. The van der Waals surface area contributed by atoms with Crippen molar-refractivity contribution in [3.05, 3.63) is 90.1 Å². The summed E-state index contributed by atoms with van der Waals surface area (Å²) in [6.45, 7) is -0.0608. The first-order chi connectivity index (χ1) is 14.4. The van der Waals surface area contributed by atoms with Crippen molar-refractivity contribution in [2.75, 3.05) is 0 Å². The highest BCUT2D eigenvalue weighted by atomic mass is 16.3. The van der Waals surface area contributed by atoms with Crippen molar-refractivity contribution in [3.8, 4) is 22.4 Å². The molecule has 0 spiro atoms. The highest BCUT2D eigenvalue weighted by molar-refractivity contribution is 6.06. The Morgan fingerprint density at radius 3 is 2.52 bits per heavy atom. The Balaban J connectivity index is 1.60. The normalized spacial score (nSPS) is 13.4. The molecule has 0 aliphatic heterocycles. The van der Waals surface area contributed by atoms with E-state index in [9.17, 15) is 0 Å². The molecule has 2 nitrogen and oxygen atoms in total. The fraction of sp³-hybridized carbons (Fsp3) is 0.0800. The van der Waals surface area contributed by atoms with Gasteiger partial charge in [0.05, 0.1) is 5.69 Å². The summed E-state index contributed by atoms with van der Waals surface area (Å²) in [7, 11) is 0. The molecule has 0 radical (unpaired) electrons. The zero-order chi connectivity index (χ0) is 20.9. The van der Waals surface area contributed by atoms with Crippen LogP contribution in [0.15, 0.2) is 83.4 Å². The predicted octanol–water partition coefficient (Wildman–Crippen LogP) is 6.93.